The number of rotatable bonds is 6. The third-order valence-corrected chi connectivity index (χ3v) is 5.06. The van der Waals surface area contributed by atoms with Crippen molar-refractivity contribution in [2.24, 2.45) is 0 Å². The minimum atomic E-state index is -3.37. The molecule has 0 bridgehead atoms. The van der Waals surface area contributed by atoms with Crippen molar-refractivity contribution < 1.29 is 8.42 Å². The fourth-order valence-electron chi connectivity index (χ4n) is 2.77. The van der Waals surface area contributed by atoms with E-state index in [9.17, 15) is 8.42 Å². The largest absolute Gasteiger partial charge is 0.367 e. The second-order valence-electron chi connectivity index (χ2n) is 5.86. The molecule has 2 aromatic carbocycles. The molecule has 0 spiro atoms. The highest BCUT2D eigenvalue weighted by Crippen LogP contribution is 2.24. The monoisotopic (exact) mass is 355 g/mol. The first-order valence-corrected chi connectivity index (χ1v) is 9.97. The maximum atomic E-state index is 11.8. The Hall–Kier alpha value is -2.60. The Bertz CT molecular complexity index is 932. The van der Waals surface area contributed by atoms with Gasteiger partial charge in [-0.25, -0.2) is 17.4 Å². The van der Waals surface area contributed by atoms with Crippen LogP contribution in [-0.2, 0) is 16.6 Å². The quantitative estimate of drug-likeness (QED) is 0.680. The van der Waals surface area contributed by atoms with Crippen LogP contribution >= 0.6 is 0 Å². The van der Waals surface area contributed by atoms with Gasteiger partial charge in [0.05, 0.1) is 6.26 Å². The Morgan fingerprint density at radius 2 is 1.72 bits per heavy atom. The molecule has 1 heterocycles. The molecule has 0 radical (unpaired) electrons. The summed E-state index contributed by atoms with van der Waals surface area (Å²) < 4.78 is 24.9. The summed E-state index contributed by atoms with van der Waals surface area (Å²) in [5, 5.41) is 0. The van der Waals surface area contributed by atoms with E-state index < -0.39 is 10.0 Å². The average Bonchev–Trinajstić information content (AvgIpc) is 3.11. The fourth-order valence-corrected chi connectivity index (χ4v) is 3.51. The number of hydrogen-bond donors (Lipinski definition) is 0. The summed E-state index contributed by atoms with van der Waals surface area (Å²) in [6.07, 6.45) is 4.13. The van der Waals surface area contributed by atoms with Crippen LogP contribution in [0, 0.1) is 0 Å². The van der Waals surface area contributed by atoms with Crippen LogP contribution in [0.2, 0.25) is 0 Å². The van der Waals surface area contributed by atoms with E-state index in [1.807, 2.05) is 42.5 Å². The maximum absolute atomic E-state index is 11.8. The van der Waals surface area contributed by atoms with Gasteiger partial charge in [0.25, 0.3) is 0 Å². The van der Waals surface area contributed by atoms with Crippen LogP contribution in [0.25, 0.3) is 11.4 Å². The summed E-state index contributed by atoms with van der Waals surface area (Å²) in [5.74, 6) is 0.431. The molecule has 0 aliphatic carbocycles. The number of benzene rings is 2. The lowest BCUT2D eigenvalue weighted by atomic mass is 10.1. The molecule has 0 aliphatic heterocycles. The van der Waals surface area contributed by atoms with Gasteiger partial charge in [0.1, 0.15) is 0 Å². The second-order valence-corrected chi connectivity index (χ2v) is 7.72. The van der Waals surface area contributed by atoms with E-state index in [1.165, 1.54) is 28.2 Å². The fraction of sp³-hybridized carbons (Fsp3) is 0.211. The van der Waals surface area contributed by atoms with Crippen molar-refractivity contribution in [3.05, 3.63) is 72.6 Å². The van der Waals surface area contributed by atoms with Crippen LogP contribution in [0.1, 0.15) is 12.5 Å². The van der Waals surface area contributed by atoms with Gasteiger partial charge in [-0.05, 0) is 36.8 Å². The lowest BCUT2D eigenvalue weighted by Crippen LogP contribution is -2.21. The van der Waals surface area contributed by atoms with Gasteiger partial charge >= 0.3 is 0 Å². The van der Waals surface area contributed by atoms with Crippen LogP contribution in [0.5, 0.6) is 0 Å². The third-order valence-electron chi connectivity index (χ3n) is 4.05. The van der Waals surface area contributed by atoms with Gasteiger partial charge in [-0.3, -0.25) is 0 Å². The zero-order chi connectivity index (χ0) is 17.9. The first kappa shape index (κ1) is 17.2. The van der Waals surface area contributed by atoms with Crippen molar-refractivity contribution in [3.8, 4) is 11.4 Å². The number of hydrogen-bond acceptors (Lipinski definition) is 4. The van der Waals surface area contributed by atoms with Crippen LogP contribution in [0.3, 0.4) is 0 Å². The number of aromatic nitrogens is 2. The number of anilines is 1. The lowest BCUT2D eigenvalue weighted by molar-refractivity contribution is 0.594. The molecule has 0 fully saturated rings. The molecule has 25 heavy (non-hydrogen) atoms. The normalized spacial score (nSPS) is 11.4. The molecular weight excluding hydrogens is 334 g/mol. The van der Waals surface area contributed by atoms with E-state index in [1.54, 1.807) is 0 Å². The highest BCUT2D eigenvalue weighted by molar-refractivity contribution is 7.89. The van der Waals surface area contributed by atoms with Gasteiger partial charge in [0, 0.05) is 36.7 Å². The molecule has 0 saturated carbocycles. The summed E-state index contributed by atoms with van der Waals surface area (Å²) in [6, 6.07) is 18.1. The van der Waals surface area contributed by atoms with Gasteiger partial charge in [0.2, 0.25) is 10.0 Å². The van der Waals surface area contributed by atoms with E-state index in [0.29, 0.717) is 5.82 Å². The van der Waals surface area contributed by atoms with E-state index >= 15 is 0 Å². The average molecular weight is 355 g/mol. The van der Waals surface area contributed by atoms with Gasteiger partial charge < -0.3 is 4.90 Å². The summed E-state index contributed by atoms with van der Waals surface area (Å²) >= 11 is 0. The van der Waals surface area contributed by atoms with Crippen molar-refractivity contribution >= 4 is 15.7 Å². The van der Waals surface area contributed by atoms with Gasteiger partial charge in [-0.2, -0.15) is 0 Å². The van der Waals surface area contributed by atoms with Crippen LogP contribution in [0.15, 0.2) is 67.0 Å². The van der Waals surface area contributed by atoms with Crippen LogP contribution < -0.4 is 4.90 Å². The smallest absolute Gasteiger partial charge is 0.237 e. The third kappa shape index (κ3) is 3.91. The first-order valence-electron chi connectivity index (χ1n) is 8.12. The highest BCUT2D eigenvalue weighted by atomic mass is 32.2. The first-order chi connectivity index (χ1) is 12.0. The van der Waals surface area contributed by atoms with Crippen LogP contribution in [-0.4, -0.2) is 30.2 Å². The number of nitrogens with zero attached hydrogens (tertiary/aromatic N) is 3. The Kier molecular flexibility index (Phi) is 4.90. The minimum absolute atomic E-state index is 0.431. The standard InChI is InChI=1S/C19H21N3O2S/c1-3-21(15-16-7-5-4-6-8-16)18-11-9-17(10-12-18)19-20-13-14-22(19)25(2,23)24/h4-14H,3,15H2,1-2H3. The van der Waals surface area contributed by atoms with E-state index in [2.05, 4.69) is 28.9 Å². The Balaban J connectivity index is 1.86. The van der Waals surface area contributed by atoms with E-state index in [0.717, 1.165) is 24.3 Å². The number of imidazole rings is 1. The summed E-state index contributed by atoms with van der Waals surface area (Å²) in [7, 11) is -3.37. The van der Waals surface area contributed by atoms with Gasteiger partial charge in [-0.1, -0.05) is 30.3 Å². The molecule has 0 atom stereocenters. The van der Waals surface area contributed by atoms with Crippen molar-refractivity contribution in [1.29, 1.82) is 0 Å². The van der Waals surface area contributed by atoms with Crippen molar-refractivity contribution in [2.75, 3.05) is 17.7 Å². The van der Waals surface area contributed by atoms with Gasteiger partial charge in [-0.15, -0.1) is 0 Å². The minimum Gasteiger partial charge on any atom is -0.367 e. The Morgan fingerprint density at radius 1 is 1.04 bits per heavy atom. The Labute approximate surface area is 148 Å². The molecule has 130 valence electrons. The van der Waals surface area contributed by atoms with E-state index in [-0.39, 0.29) is 0 Å². The summed E-state index contributed by atoms with van der Waals surface area (Å²) in [5.41, 5.74) is 3.11. The SMILES string of the molecule is CCN(Cc1ccccc1)c1ccc(-c2nccn2S(C)(=O)=O)cc1. The van der Waals surface area contributed by atoms with Crippen molar-refractivity contribution in [1.82, 2.24) is 8.96 Å². The predicted molar refractivity (Wildman–Crippen MR) is 101 cm³/mol. The molecule has 6 heteroatoms. The molecule has 5 nitrogen and oxygen atoms in total. The van der Waals surface area contributed by atoms with Gasteiger partial charge in [0.15, 0.2) is 5.82 Å². The summed E-state index contributed by atoms with van der Waals surface area (Å²) in [6.45, 7) is 3.83. The molecule has 0 saturated heterocycles. The summed E-state index contributed by atoms with van der Waals surface area (Å²) in [4.78, 5) is 6.45. The second kappa shape index (κ2) is 7.11. The molecule has 3 aromatic rings. The maximum Gasteiger partial charge on any atom is 0.237 e. The van der Waals surface area contributed by atoms with E-state index in [4.69, 9.17) is 0 Å². The lowest BCUT2D eigenvalue weighted by Gasteiger charge is -2.23. The topological polar surface area (TPSA) is 55.2 Å². The molecule has 0 aliphatic rings. The molecule has 0 unspecified atom stereocenters. The van der Waals surface area contributed by atoms with Crippen LogP contribution in [0.4, 0.5) is 5.69 Å². The van der Waals surface area contributed by atoms with Crippen molar-refractivity contribution in [3.63, 3.8) is 0 Å². The zero-order valence-electron chi connectivity index (χ0n) is 14.3. The van der Waals surface area contributed by atoms with Crippen molar-refractivity contribution in [2.45, 2.75) is 13.5 Å². The Morgan fingerprint density at radius 3 is 2.32 bits per heavy atom. The molecule has 0 amide bonds. The highest BCUT2D eigenvalue weighted by Gasteiger charge is 2.14. The molecule has 0 N–H and O–H groups in total. The predicted octanol–water partition coefficient (Wildman–Crippen LogP) is 3.38. The molecule has 3 rings (SSSR count). The molecule has 1 aromatic heterocycles. The zero-order valence-corrected chi connectivity index (χ0v) is 15.1. The molecular formula is C19H21N3O2S.